The summed E-state index contributed by atoms with van der Waals surface area (Å²) in [6, 6.07) is -1.89. The highest BCUT2D eigenvalue weighted by Gasteiger charge is 2.55. The number of allylic oxidation sites excluding steroid dienone is 2. The monoisotopic (exact) mass is 790 g/mol. The first kappa shape index (κ1) is 37.5. The normalized spacial score (nSPS) is 22.5. The van der Waals surface area contributed by atoms with Crippen molar-refractivity contribution in [3.05, 3.63) is 70.0 Å². The predicted molar refractivity (Wildman–Crippen MR) is 189 cm³/mol. The number of nitrogen functional groups attached to an aromatic ring is 2. The number of nitrogens with zero attached hydrogens (tertiary/aromatic N) is 6. The number of aromatic nitrogens is 2. The van der Waals surface area contributed by atoms with Gasteiger partial charge in [0.25, 0.3) is 23.6 Å². The second kappa shape index (κ2) is 15.3. The molecule has 6 rings (SSSR count). The molecule has 0 spiro atoms. The number of aliphatic carboxylic acids is 2. The number of anilines is 2. The molecular formula is C28H26N10O10S4. The van der Waals surface area contributed by atoms with Crippen LogP contribution in [0, 0.1) is 0 Å². The van der Waals surface area contributed by atoms with E-state index in [1.54, 1.807) is 0 Å². The van der Waals surface area contributed by atoms with Gasteiger partial charge in [0, 0.05) is 22.3 Å². The van der Waals surface area contributed by atoms with Crippen LogP contribution in [0.5, 0.6) is 0 Å². The third kappa shape index (κ3) is 6.82. The smallest absolute Gasteiger partial charge is 0.352 e. The second-order valence-electron chi connectivity index (χ2n) is 10.5. The molecule has 2 saturated heterocycles. The number of amides is 4. The number of carboxylic acid groups (broad SMARTS) is 2. The van der Waals surface area contributed by atoms with Crippen molar-refractivity contribution in [3.8, 4) is 0 Å². The molecule has 10 N–H and O–H groups in total. The summed E-state index contributed by atoms with van der Waals surface area (Å²) < 4.78 is 0. The third-order valence-electron chi connectivity index (χ3n) is 7.63. The van der Waals surface area contributed by atoms with Crippen LogP contribution in [-0.2, 0) is 28.8 Å². The van der Waals surface area contributed by atoms with E-state index in [1.807, 2.05) is 0 Å². The topological polar surface area (TPSA) is 316 Å². The Hall–Kier alpha value is -5.72. The number of hydrogen-bond acceptors (Lipinski definition) is 18. The number of carbonyl (C=O) groups is 6. The average Bonchev–Trinajstić information content (AvgIpc) is 3.76. The van der Waals surface area contributed by atoms with Crippen LogP contribution < -0.4 is 22.1 Å². The Morgan fingerprint density at radius 3 is 1.40 bits per heavy atom. The Morgan fingerprint density at radius 2 is 1.13 bits per heavy atom. The molecule has 4 aliphatic heterocycles. The minimum atomic E-state index is -1.24. The summed E-state index contributed by atoms with van der Waals surface area (Å²) in [5.41, 5.74) is 11.0. The standard InChI is InChI=1S/2C14H13N5O5S2/c2*1-2-5-3-25-12-8(11(21)19(12)9(5)13(22)23)17-10(20)7(18-24)6-4-26-14(15)16-6/h2*2,4,8,12,24H,1,3H2,(H2,15,16)(H,17,20)(H,22,23)/b2*18-7-/t2*8-,12-/m11/s1. The molecule has 2 fully saturated rings. The number of oxime groups is 2. The van der Waals surface area contributed by atoms with Gasteiger partial charge >= 0.3 is 11.9 Å². The lowest BCUT2D eigenvalue weighted by Crippen LogP contribution is -2.71. The molecule has 0 bridgehead atoms. The molecule has 272 valence electrons. The van der Waals surface area contributed by atoms with Crippen LogP contribution >= 0.6 is 46.2 Å². The van der Waals surface area contributed by atoms with Crippen LogP contribution in [0.1, 0.15) is 11.4 Å². The van der Waals surface area contributed by atoms with Crippen LogP contribution in [0.15, 0.2) is 68.9 Å². The van der Waals surface area contributed by atoms with E-state index < -0.39 is 58.4 Å². The van der Waals surface area contributed by atoms with E-state index >= 15 is 0 Å². The molecule has 6 heterocycles. The first-order valence-electron chi connectivity index (χ1n) is 14.3. The maximum atomic E-state index is 12.4. The molecule has 4 atom stereocenters. The van der Waals surface area contributed by atoms with Crippen LogP contribution in [0.4, 0.5) is 10.3 Å². The molecule has 4 aliphatic rings. The van der Waals surface area contributed by atoms with E-state index in [9.17, 15) is 39.0 Å². The van der Waals surface area contributed by atoms with Crippen LogP contribution in [0.2, 0.25) is 0 Å². The Labute approximate surface area is 308 Å². The summed E-state index contributed by atoms with van der Waals surface area (Å²) in [7, 11) is 0. The molecule has 0 aromatic carbocycles. The molecule has 0 unspecified atom stereocenters. The van der Waals surface area contributed by atoms with Crippen molar-refractivity contribution in [2.75, 3.05) is 23.0 Å². The highest BCUT2D eigenvalue weighted by atomic mass is 32.2. The number of hydrogen-bond donors (Lipinski definition) is 8. The van der Waals surface area contributed by atoms with Gasteiger partial charge in [0.15, 0.2) is 21.7 Å². The van der Waals surface area contributed by atoms with Gasteiger partial charge in [-0.25, -0.2) is 19.6 Å². The summed E-state index contributed by atoms with van der Waals surface area (Å²) in [4.78, 5) is 82.3. The van der Waals surface area contributed by atoms with Crippen molar-refractivity contribution in [1.82, 2.24) is 30.4 Å². The molecular weight excluding hydrogens is 765 g/mol. The van der Waals surface area contributed by atoms with Crippen molar-refractivity contribution >= 4 is 103 Å². The van der Waals surface area contributed by atoms with E-state index in [0.29, 0.717) is 22.7 Å². The number of carbonyl (C=O) groups excluding carboxylic acids is 4. The Bertz CT molecular complexity index is 1900. The second-order valence-corrected chi connectivity index (χ2v) is 14.5. The lowest BCUT2D eigenvalue weighted by molar-refractivity contribution is -0.150. The number of thiazole rings is 2. The zero-order valence-electron chi connectivity index (χ0n) is 26.2. The van der Waals surface area contributed by atoms with E-state index in [1.165, 1.54) is 46.4 Å². The fourth-order valence-electron chi connectivity index (χ4n) is 5.24. The summed E-state index contributed by atoms with van der Waals surface area (Å²) in [6.07, 6.45) is 2.80. The van der Waals surface area contributed by atoms with Crippen LogP contribution in [0.3, 0.4) is 0 Å². The maximum absolute atomic E-state index is 12.4. The minimum Gasteiger partial charge on any atom is -0.477 e. The van der Waals surface area contributed by atoms with Gasteiger partial charge in [-0.3, -0.25) is 29.0 Å². The van der Waals surface area contributed by atoms with Crippen molar-refractivity contribution in [2.24, 2.45) is 10.3 Å². The van der Waals surface area contributed by atoms with Gasteiger partial charge in [0.05, 0.1) is 0 Å². The molecule has 52 heavy (non-hydrogen) atoms. The molecule has 0 aliphatic carbocycles. The van der Waals surface area contributed by atoms with Crippen LogP contribution in [-0.4, -0.2) is 122 Å². The largest absolute Gasteiger partial charge is 0.477 e. The van der Waals surface area contributed by atoms with Crippen molar-refractivity contribution in [2.45, 2.75) is 22.8 Å². The van der Waals surface area contributed by atoms with E-state index in [0.717, 1.165) is 32.5 Å². The molecule has 2 aromatic heterocycles. The van der Waals surface area contributed by atoms with E-state index in [4.69, 9.17) is 21.9 Å². The molecule has 4 amide bonds. The SMILES string of the molecule is C=CC1=C(C(=O)O)N2C(=O)[C@@H](NC(=O)/C(=N\O)c3csc(N)n3)[C@H]2SC1.C=CC1=C(C(=O)O)N2C(=O)[C@@H](NC(=O)/C(=N\O)c3csc(N)n3)[C@H]2SC1. The maximum Gasteiger partial charge on any atom is 0.352 e. The fraction of sp³-hybridized carbons (Fsp3) is 0.214. The third-order valence-corrected chi connectivity index (χ3v) is 11.6. The highest BCUT2D eigenvalue weighted by Crippen LogP contribution is 2.41. The quantitative estimate of drug-likeness (QED) is 0.0660. The Kier molecular flexibility index (Phi) is 11.0. The zero-order valence-corrected chi connectivity index (χ0v) is 29.4. The number of nitrogens with one attached hydrogen (secondary N) is 2. The Balaban J connectivity index is 0.000000201. The summed E-state index contributed by atoms with van der Waals surface area (Å²) in [6.45, 7) is 7.12. The number of fused-ring (bicyclic) bond motifs is 2. The molecule has 0 saturated carbocycles. The van der Waals surface area contributed by atoms with E-state index in [-0.39, 0.29) is 44.5 Å². The first-order valence-corrected chi connectivity index (χ1v) is 18.2. The van der Waals surface area contributed by atoms with Crippen molar-refractivity contribution in [3.63, 3.8) is 0 Å². The lowest BCUT2D eigenvalue weighted by atomic mass is 10.0. The van der Waals surface area contributed by atoms with Gasteiger partial charge in [-0.1, -0.05) is 35.6 Å². The van der Waals surface area contributed by atoms with Gasteiger partial charge < -0.3 is 42.7 Å². The van der Waals surface area contributed by atoms with E-state index in [2.05, 4.69) is 44.1 Å². The van der Waals surface area contributed by atoms with Crippen molar-refractivity contribution < 1.29 is 49.4 Å². The number of rotatable bonds is 10. The minimum absolute atomic E-state index is 0.0764. The van der Waals surface area contributed by atoms with Gasteiger partial charge in [-0.05, 0) is 11.1 Å². The Morgan fingerprint density at radius 1 is 0.769 bits per heavy atom. The summed E-state index contributed by atoms with van der Waals surface area (Å²) >= 11 is 4.73. The average molecular weight is 791 g/mol. The number of nitrogens with two attached hydrogens (primary N) is 2. The van der Waals surface area contributed by atoms with Crippen molar-refractivity contribution in [1.29, 1.82) is 0 Å². The number of thioether (sulfide) groups is 2. The highest BCUT2D eigenvalue weighted by molar-refractivity contribution is 8.00. The van der Waals surface area contributed by atoms with Gasteiger partial charge in [-0.15, -0.1) is 46.2 Å². The summed E-state index contributed by atoms with van der Waals surface area (Å²) in [5, 5.41) is 49.8. The lowest BCUT2D eigenvalue weighted by Gasteiger charge is -2.49. The van der Waals surface area contributed by atoms with Gasteiger partial charge in [-0.2, -0.15) is 0 Å². The summed E-state index contributed by atoms with van der Waals surface area (Å²) in [5.74, 6) is -4.55. The first-order chi connectivity index (χ1) is 24.8. The molecule has 2 aromatic rings. The molecule has 0 radical (unpaired) electrons. The number of carboxylic acids is 2. The fourth-order valence-corrected chi connectivity index (χ4v) is 9.01. The van der Waals surface area contributed by atoms with Crippen LogP contribution in [0.25, 0.3) is 0 Å². The molecule has 20 nitrogen and oxygen atoms in total. The molecule has 24 heteroatoms. The number of β-lactam (4-membered cyclic amide) rings is 2. The van der Waals surface area contributed by atoms with Gasteiger partial charge in [0.2, 0.25) is 0 Å². The predicted octanol–water partition coefficient (Wildman–Crippen LogP) is -0.344. The zero-order chi connectivity index (χ0) is 38.0. The van der Waals surface area contributed by atoms with Gasteiger partial charge in [0.1, 0.15) is 45.6 Å².